The Labute approximate surface area is 130 Å². The molecule has 1 aromatic carbocycles. The number of rotatable bonds is 7. The third-order valence-electron chi connectivity index (χ3n) is 2.87. The topological polar surface area (TPSA) is 75.7 Å². The Kier molecular flexibility index (Phi) is 6.31. The van der Waals surface area contributed by atoms with E-state index in [-0.39, 0.29) is 29.8 Å². The zero-order valence-corrected chi connectivity index (χ0v) is 13.9. The van der Waals surface area contributed by atoms with E-state index in [9.17, 15) is 17.6 Å². The first-order valence-electron chi connectivity index (χ1n) is 6.85. The van der Waals surface area contributed by atoms with Crippen LogP contribution in [0.15, 0.2) is 23.1 Å². The molecule has 1 rings (SSSR count). The van der Waals surface area contributed by atoms with E-state index in [1.54, 1.807) is 20.8 Å². The van der Waals surface area contributed by atoms with Crippen LogP contribution in [-0.4, -0.2) is 44.9 Å². The fraction of sp³-hybridized carbons (Fsp3) is 0.500. The Bertz CT molecular complexity index is 632. The quantitative estimate of drug-likeness (QED) is 0.818. The van der Waals surface area contributed by atoms with Crippen molar-refractivity contribution in [3.05, 3.63) is 24.0 Å². The SMILES string of the molecule is CCN(CC(=O)NC(C)C)S(=O)(=O)c1cc(F)ccc1OC. The lowest BCUT2D eigenvalue weighted by Gasteiger charge is -2.21. The van der Waals surface area contributed by atoms with E-state index >= 15 is 0 Å². The van der Waals surface area contributed by atoms with Crippen LogP contribution in [0, 0.1) is 5.82 Å². The number of halogens is 1. The molecule has 8 heteroatoms. The number of methoxy groups -OCH3 is 1. The first-order valence-corrected chi connectivity index (χ1v) is 8.29. The highest BCUT2D eigenvalue weighted by molar-refractivity contribution is 7.89. The van der Waals surface area contributed by atoms with Crippen molar-refractivity contribution in [3.63, 3.8) is 0 Å². The summed E-state index contributed by atoms with van der Waals surface area (Å²) >= 11 is 0. The maximum absolute atomic E-state index is 13.4. The van der Waals surface area contributed by atoms with Crippen LogP contribution < -0.4 is 10.1 Å². The summed E-state index contributed by atoms with van der Waals surface area (Å²) in [5.74, 6) is -1.08. The van der Waals surface area contributed by atoms with Gasteiger partial charge in [-0.25, -0.2) is 12.8 Å². The lowest BCUT2D eigenvalue weighted by atomic mass is 10.3. The molecule has 0 spiro atoms. The number of nitrogens with one attached hydrogen (secondary N) is 1. The van der Waals surface area contributed by atoms with Crippen LogP contribution in [0.1, 0.15) is 20.8 Å². The predicted molar refractivity (Wildman–Crippen MR) is 80.7 cm³/mol. The smallest absolute Gasteiger partial charge is 0.247 e. The van der Waals surface area contributed by atoms with Gasteiger partial charge in [-0.2, -0.15) is 4.31 Å². The molecule has 0 saturated carbocycles. The molecule has 0 unspecified atom stereocenters. The predicted octanol–water partition coefficient (Wildman–Crippen LogP) is 1.37. The van der Waals surface area contributed by atoms with Gasteiger partial charge >= 0.3 is 0 Å². The molecule has 0 aliphatic carbocycles. The number of nitrogens with zero attached hydrogens (tertiary/aromatic N) is 1. The normalized spacial score (nSPS) is 11.8. The molecular formula is C14H21FN2O4S. The number of hydrogen-bond donors (Lipinski definition) is 1. The molecule has 0 aliphatic heterocycles. The fourth-order valence-corrected chi connectivity index (χ4v) is 3.46. The second-order valence-electron chi connectivity index (χ2n) is 4.95. The second-order valence-corrected chi connectivity index (χ2v) is 6.85. The van der Waals surface area contributed by atoms with Crippen LogP contribution in [0.2, 0.25) is 0 Å². The van der Waals surface area contributed by atoms with Gasteiger partial charge in [0.2, 0.25) is 15.9 Å². The first kappa shape index (κ1) is 18.4. The average molecular weight is 332 g/mol. The van der Waals surface area contributed by atoms with Crippen molar-refractivity contribution < 1.29 is 22.3 Å². The van der Waals surface area contributed by atoms with Crippen LogP contribution in [-0.2, 0) is 14.8 Å². The van der Waals surface area contributed by atoms with Gasteiger partial charge in [0, 0.05) is 12.6 Å². The van der Waals surface area contributed by atoms with Gasteiger partial charge in [-0.3, -0.25) is 4.79 Å². The van der Waals surface area contributed by atoms with Crippen LogP contribution in [0.5, 0.6) is 5.75 Å². The van der Waals surface area contributed by atoms with Crippen LogP contribution >= 0.6 is 0 Å². The molecule has 0 radical (unpaired) electrons. The van der Waals surface area contributed by atoms with E-state index in [4.69, 9.17) is 4.74 Å². The summed E-state index contributed by atoms with van der Waals surface area (Å²) in [5.41, 5.74) is 0. The van der Waals surface area contributed by atoms with Crippen molar-refractivity contribution in [1.29, 1.82) is 0 Å². The second kappa shape index (κ2) is 7.55. The highest BCUT2D eigenvalue weighted by atomic mass is 32.2. The summed E-state index contributed by atoms with van der Waals surface area (Å²) in [7, 11) is -2.74. The molecule has 0 aromatic heterocycles. The van der Waals surface area contributed by atoms with E-state index in [0.29, 0.717) is 0 Å². The number of ether oxygens (including phenoxy) is 1. The Hall–Kier alpha value is -1.67. The molecule has 0 bridgehead atoms. The maximum atomic E-state index is 13.4. The van der Waals surface area contributed by atoms with Crippen LogP contribution in [0.3, 0.4) is 0 Å². The van der Waals surface area contributed by atoms with Crippen LogP contribution in [0.4, 0.5) is 4.39 Å². The number of amides is 1. The largest absolute Gasteiger partial charge is 0.495 e. The first-order chi connectivity index (χ1) is 10.2. The number of sulfonamides is 1. The highest BCUT2D eigenvalue weighted by Gasteiger charge is 2.29. The molecule has 1 aromatic rings. The summed E-state index contributed by atoms with van der Waals surface area (Å²) in [6.45, 7) is 4.90. The molecule has 0 heterocycles. The molecule has 22 heavy (non-hydrogen) atoms. The molecule has 124 valence electrons. The molecule has 0 atom stereocenters. The van der Waals surface area contributed by atoms with Crippen molar-refractivity contribution in [2.24, 2.45) is 0 Å². The zero-order valence-electron chi connectivity index (χ0n) is 13.1. The van der Waals surface area contributed by atoms with Crippen molar-refractivity contribution in [3.8, 4) is 5.75 Å². The summed E-state index contributed by atoms with van der Waals surface area (Å²) in [6, 6.07) is 3.14. The lowest BCUT2D eigenvalue weighted by molar-refractivity contribution is -0.121. The monoisotopic (exact) mass is 332 g/mol. The maximum Gasteiger partial charge on any atom is 0.247 e. The van der Waals surface area contributed by atoms with Gasteiger partial charge in [0.15, 0.2) is 0 Å². The Morgan fingerprint density at radius 1 is 1.41 bits per heavy atom. The third-order valence-corrected chi connectivity index (χ3v) is 4.81. The standard InChI is InChI=1S/C14H21FN2O4S/c1-5-17(9-14(18)16-10(2)3)22(19,20)13-8-11(15)6-7-12(13)21-4/h6-8,10H,5,9H2,1-4H3,(H,16,18). The van der Waals surface area contributed by atoms with Gasteiger partial charge in [-0.1, -0.05) is 6.92 Å². The Morgan fingerprint density at radius 2 is 2.05 bits per heavy atom. The molecule has 0 fully saturated rings. The minimum atomic E-state index is -4.04. The van der Waals surface area contributed by atoms with Gasteiger partial charge in [0.25, 0.3) is 0 Å². The number of carbonyl (C=O) groups is 1. The van der Waals surface area contributed by atoms with E-state index in [2.05, 4.69) is 5.32 Å². The van der Waals surface area contributed by atoms with Crippen LogP contribution in [0.25, 0.3) is 0 Å². The Morgan fingerprint density at radius 3 is 2.55 bits per heavy atom. The van der Waals surface area contributed by atoms with Crippen molar-refractivity contribution in [2.45, 2.75) is 31.7 Å². The molecule has 0 aliphatic rings. The average Bonchev–Trinajstić information content (AvgIpc) is 2.43. The van der Waals surface area contributed by atoms with Gasteiger partial charge < -0.3 is 10.1 Å². The van der Waals surface area contributed by atoms with Gasteiger partial charge in [0.1, 0.15) is 16.5 Å². The van der Waals surface area contributed by atoms with Gasteiger partial charge in [0.05, 0.1) is 13.7 Å². The zero-order chi connectivity index (χ0) is 16.9. The molecule has 0 saturated heterocycles. The highest BCUT2D eigenvalue weighted by Crippen LogP contribution is 2.27. The number of hydrogen-bond acceptors (Lipinski definition) is 4. The van der Waals surface area contributed by atoms with Crippen molar-refractivity contribution >= 4 is 15.9 Å². The fourth-order valence-electron chi connectivity index (χ4n) is 1.89. The minimum absolute atomic E-state index is 0.0316. The number of carbonyl (C=O) groups excluding carboxylic acids is 1. The molecule has 1 amide bonds. The minimum Gasteiger partial charge on any atom is -0.495 e. The summed E-state index contributed by atoms with van der Waals surface area (Å²) < 4.78 is 44.6. The molecule has 6 nitrogen and oxygen atoms in total. The number of likely N-dealkylation sites (N-methyl/N-ethyl adjacent to an activating group) is 1. The van der Waals surface area contributed by atoms with Gasteiger partial charge in [-0.05, 0) is 32.0 Å². The third kappa shape index (κ3) is 4.41. The Balaban J connectivity index is 3.14. The van der Waals surface area contributed by atoms with E-state index < -0.39 is 21.7 Å². The van der Waals surface area contributed by atoms with E-state index in [1.807, 2.05) is 0 Å². The van der Waals surface area contributed by atoms with Crippen molar-refractivity contribution in [1.82, 2.24) is 9.62 Å². The van der Waals surface area contributed by atoms with Gasteiger partial charge in [-0.15, -0.1) is 0 Å². The molecule has 1 N–H and O–H groups in total. The van der Waals surface area contributed by atoms with Crippen molar-refractivity contribution in [2.75, 3.05) is 20.2 Å². The number of benzene rings is 1. The van der Waals surface area contributed by atoms with E-state index in [1.165, 1.54) is 13.2 Å². The molecular weight excluding hydrogens is 311 g/mol. The summed E-state index contributed by atoms with van der Waals surface area (Å²) in [6.07, 6.45) is 0. The lowest BCUT2D eigenvalue weighted by Crippen LogP contribution is -2.42. The van der Waals surface area contributed by atoms with E-state index in [0.717, 1.165) is 16.4 Å². The summed E-state index contributed by atoms with van der Waals surface area (Å²) in [5, 5.41) is 2.62. The summed E-state index contributed by atoms with van der Waals surface area (Å²) in [4.78, 5) is 11.5.